The molecule has 6 heteroatoms. The highest BCUT2D eigenvalue weighted by atomic mass is 32.2. The van der Waals surface area contributed by atoms with Crippen LogP contribution < -0.4 is 4.74 Å². The van der Waals surface area contributed by atoms with Gasteiger partial charge in [-0.3, -0.25) is 0 Å². The second kappa shape index (κ2) is 7.42. The molecule has 0 aliphatic rings. The Hall–Kier alpha value is -2.44. The van der Waals surface area contributed by atoms with Crippen molar-refractivity contribution >= 4 is 27.6 Å². The third-order valence-electron chi connectivity index (χ3n) is 3.22. The Kier molecular flexibility index (Phi) is 5.08. The zero-order valence-electron chi connectivity index (χ0n) is 12.7. The van der Waals surface area contributed by atoms with Crippen LogP contribution in [-0.2, 0) is 16.6 Å². The minimum absolute atomic E-state index is 0.238. The van der Waals surface area contributed by atoms with Crippen molar-refractivity contribution in [1.29, 1.82) is 0 Å². The first-order chi connectivity index (χ1) is 11.6. The molecule has 2 aromatic carbocycles. The summed E-state index contributed by atoms with van der Waals surface area (Å²) in [5.41, 5.74) is 1.78. The van der Waals surface area contributed by atoms with Crippen LogP contribution in [0.3, 0.4) is 0 Å². The van der Waals surface area contributed by atoms with Crippen molar-refractivity contribution in [3.8, 4) is 5.75 Å². The van der Waals surface area contributed by atoms with E-state index in [0.717, 1.165) is 22.6 Å². The molecule has 0 unspecified atom stereocenters. The maximum atomic E-state index is 12.0. The Balaban J connectivity index is 1.63. The van der Waals surface area contributed by atoms with Gasteiger partial charge in [0, 0.05) is 6.21 Å². The summed E-state index contributed by atoms with van der Waals surface area (Å²) in [5, 5.41) is 1.71. The molecular weight excluding hydrogens is 342 g/mol. The molecule has 0 spiro atoms. The van der Waals surface area contributed by atoms with Gasteiger partial charge in [-0.05, 0) is 46.8 Å². The quantitative estimate of drug-likeness (QED) is 0.623. The van der Waals surface area contributed by atoms with E-state index >= 15 is 0 Å². The summed E-state index contributed by atoms with van der Waals surface area (Å²) < 4.78 is 33.6. The zero-order valence-corrected chi connectivity index (χ0v) is 14.3. The number of hydrogen-bond donors (Lipinski definition) is 0. The molecule has 0 aliphatic carbocycles. The Morgan fingerprint density at radius 2 is 1.71 bits per heavy atom. The van der Waals surface area contributed by atoms with Crippen LogP contribution in [0.1, 0.15) is 11.1 Å². The van der Waals surface area contributed by atoms with E-state index in [2.05, 4.69) is 4.40 Å². The molecule has 0 saturated heterocycles. The molecule has 0 amide bonds. The van der Waals surface area contributed by atoms with Gasteiger partial charge >= 0.3 is 0 Å². The van der Waals surface area contributed by atoms with Crippen molar-refractivity contribution in [3.63, 3.8) is 0 Å². The molecule has 1 aromatic heterocycles. The van der Waals surface area contributed by atoms with Crippen molar-refractivity contribution < 1.29 is 13.2 Å². The summed E-state index contributed by atoms with van der Waals surface area (Å²) in [6, 6.07) is 20.2. The Labute approximate surface area is 145 Å². The molecule has 0 N–H and O–H groups in total. The van der Waals surface area contributed by atoms with Gasteiger partial charge in [-0.15, -0.1) is 11.3 Å². The highest BCUT2D eigenvalue weighted by Gasteiger charge is 2.12. The van der Waals surface area contributed by atoms with Crippen LogP contribution in [0, 0.1) is 0 Å². The standard InChI is InChI=1S/C18H15NO3S2/c20-24(21,18-7-4-12-23-18)19-13-15-8-10-17(11-9-15)22-14-16-5-2-1-3-6-16/h1-13H,14H2/b19-13-. The molecule has 0 radical (unpaired) electrons. The van der Waals surface area contributed by atoms with E-state index in [1.165, 1.54) is 12.3 Å². The smallest absolute Gasteiger partial charge is 0.291 e. The van der Waals surface area contributed by atoms with Gasteiger partial charge in [-0.1, -0.05) is 36.4 Å². The number of thiophene rings is 1. The Morgan fingerprint density at radius 3 is 2.38 bits per heavy atom. The molecule has 0 aliphatic heterocycles. The molecular formula is C18H15NO3S2. The summed E-state index contributed by atoms with van der Waals surface area (Å²) in [4.78, 5) is 0. The number of benzene rings is 2. The lowest BCUT2D eigenvalue weighted by Gasteiger charge is -2.06. The molecule has 0 atom stereocenters. The van der Waals surface area contributed by atoms with Crippen molar-refractivity contribution in [2.75, 3.05) is 0 Å². The van der Waals surface area contributed by atoms with Crippen LogP contribution in [0.4, 0.5) is 0 Å². The minimum Gasteiger partial charge on any atom is -0.489 e. The highest BCUT2D eigenvalue weighted by Crippen LogP contribution is 2.19. The van der Waals surface area contributed by atoms with E-state index in [9.17, 15) is 8.42 Å². The first-order valence-electron chi connectivity index (χ1n) is 7.24. The lowest BCUT2D eigenvalue weighted by molar-refractivity contribution is 0.306. The van der Waals surface area contributed by atoms with Crippen molar-refractivity contribution in [2.45, 2.75) is 10.8 Å². The Morgan fingerprint density at radius 1 is 0.958 bits per heavy atom. The minimum atomic E-state index is -3.61. The van der Waals surface area contributed by atoms with Crippen molar-refractivity contribution in [3.05, 3.63) is 83.2 Å². The van der Waals surface area contributed by atoms with Crippen molar-refractivity contribution in [2.24, 2.45) is 4.40 Å². The fourth-order valence-electron chi connectivity index (χ4n) is 1.98. The van der Waals surface area contributed by atoms with Crippen LogP contribution >= 0.6 is 11.3 Å². The number of sulfonamides is 1. The molecule has 122 valence electrons. The normalized spacial score (nSPS) is 11.7. The van der Waals surface area contributed by atoms with Crippen LogP contribution in [0.2, 0.25) is 0 Å². The lowest BCUT2D eigenvalue weighted by Crippen LogP contribution is -1.96. The Bertz CT molecular complexity index is 901. The van der Waals surface area contributed by atoms with Crippen molar-refractivity contribution in [1.82, 2.24) is 0 Å². The van der Waals surface area contributed by atoms with Gasteiger partial charge in [0.05, 0.1) is 0 Å². The SMILES string of the molecule is O=S(=O)(/N=C\c1ccc(OCc2ccccc2)cc1)c1cccs1. The molecule has 0 fully saturated rings. The highest BCUT2D eigenvalue weighted by molar-refractivity contribution is 7.92. The predicted octanol–water partition coefficient (Wildman–Crippen LogP) is 4.13. The molecule has 24 heavy (non-hydrogen) atoms. The van der Waals surface area contributed by atoms with E-state index < -0.39 is 10.0 Å². The summed E-state index contributed by atoms with van der Waals surface area (Å²) in [7, 11) is -3.61. The molecule has 3 rings (SSSR count). The summed E-state index contributed by atoms with van der Waals surface area (Å²) in [6.07, 6.45) is 1.34. The van der Waals surface area contributed by atoms with Gasteiger partial charge in [0.25, 0.3) is 10.0 Å². The summed E-state index contributed by atoms with van der Waals surface area (Å²) in [6.45, 7) is 0.487. The van der Waals surface area contributed by atoms with Gasteiger partial charge in [0.15, 0.2) is 0 Å². The average molecular weight is 357 g/mol. The second-order valence-electron chi connectivity index (χ2n) is 4.98. The largest absolute Gasteiger partial charge is 0.489 e. The monoisotopic (exact) mass is 357 g/mol. The van der Waals surface area contributed by atoms with E-state index in [-0.39, 0.29) is 4.21 Å². The van der Waals surface area contributed by atoms with Crippen LogP contribution in [0.15, 0.2) is 80.7 Å². The number of nitrogens with zero attached hydrogens (tertiary/aromatic N) is 1. The van der Waals surface area contributed by atoms with Crippen LogP contribution in [0.5, 0.6) is 5.75 Å². The van der Waals surface area contributed by atoms with Gasteiger partial charge in [0.1, 0.15) is 16.6 Å². The van der Waals surface area contributed by atoms with E-state index in [1.807, 2.05) is 30.3 Å². The molecule has 0 bridgehead atoms. The second-order valence-corrected chi connectivity index (χ2v) is 7.79. The average Bonchev–Trinajstić information content (AvgIpc) is 3.16. The molecule has 1 heterocycles. The molecule has 0 saturated carbocycles. The van der Waals surface area contributed by atoms with Crippen LogP contribution in [0.25, 0.3) is 0 Å². The molecule has 3 aromatic rings. The maximum Gasteiger partial charge on any atom is 0.291 e. The van der Waals surface area contributed by atoms with Gasteiger partial charge in [-0.2, -0.15) is 12.8 Å². The number of hydrogen-bond acceptors (Lipinski definition) is 4. The number of ether oxygens (including phenoxy) is 1. The third kappa shape index (κ3) is 4.31. The van der Waals surface area contributed by atoms with E-state index in [4.69, 9.17) is 4.74 Å². The van der Waals surface area contributed by atoms with E-state index in [1.54, 1.807) is 35.7 Å². The zero-order chi connectivity index (χ0) is 16.8. The van der Waals surface area contributed by atoms with Gasteiger partial charge in [0.2, 0.25) is 0 Å². The van der Waals surface area contributed by atoms with Gasteiger partial charge < -0.3 is 4.74 Å². The fourth-order valence-corrected chi connectivity index (χ4v) is 3.83. The third-order valence-corrected chi connectivity index (χ3v) is 5.83. The topological polar surface area (TPSA) is 55.7 Å². The lowest BCUT2D eigenvalue weighted by atomic mass is 10.2. The predicted molar refractivity (Wildman–Crippen MR) is 96.3 cm³/mol. The van der Waals surface area contributed by atoms with Crippen LogP contribution in [-0.4, -0.2) is 14.6 Å². The fraction of sp³-hybridized carbons (Fsp3) is 0.0556. The van der Waals surface area contributed by atoms with Gasteiger partial charge in [-0.25, -0.2) is 0 Å². The first-order valence-corrected chi connectivity index (χ1v) is 9.56. The maximum absolute atomic E-state index is 12.0. The summed E-state index contributed by atoms with van der Waals surface area (Å²) in [5.74, 6) is 0.720. The first kappa shape index (κ1) is 16.4. The molecule has 4 nitrogen and oxygen atoms in total. The summed E-state index contributed by atoms with van der Waals surface area (Å²) >= 11 is 1.15. The number of rotatable bonds is 6. The van der Waals surface area contributed by atoms with E-state index in [0.29, 0.717) is 12.2 Å².